The molecule has 1 aromatic heterocycles. The summed E-state index contributed by atoms with van der Waals surface area (Å²) in [6, 6.07) is 11.5. The molecule has 3 aromatic rings. The first-order valence-electron chi connectivity index (χ1n) is 11.5. The Morgan fingerprint density at radius 3 is 2.57 bits per heavy atom. The Hall–Kier alpha value is -3.26. The summed E-state index contributed by atoms with van der Waals surface area (Å²) < 4.78 is 5.29. The maximum absolute atomic E-state index is 12.7. The van der Waals surface area contributed by atoms with E-state index >= 15 is 0 Å². The molecule has 0 spiro atoms. The number of methoxy groups -OCH3 is 1. The van der Waals surface area contributed by atoms with Crippen LogP contribution in [-0.2, 0) is 0 Å². The van der Waals surface area contributed by atoms with E-state index in [0.29, 0.717) is 46.5 Å². The van der Waals surface area contributed by atoms with Gasteiger partial charge in [-0.25, -0.2) is 4.98 Å². The first-order valence-corrected chi connectivity index (χ1v) is 11.9. The van der Waals surface area contributed by atoms with E-state index in [-0.39, 0.29) is 13.3 Å². The molecule has 1 aliphatic rings. The minimum atomic E-state index is -0.209. The molecule has 4 N–H and O–H groups in total. The Labute approximate surface area is 212 Å². The number of hydrogen-bond acceptors (Lipinski definition) is 7. The molecule has 188 valence electrons. The Kier molecular flexibility index (Phi) is 8.62. The largest absolute Gasteiger partial charge is 0.496 e. The fraction of sp³-hybridized carbons (Fsp3) is 0.423. The summed E-state index contributed by atoms with van der Waals surface area (Å²) in [5.41, 5.74) is 7.52. The highest BCUT2D eigenvalue weighted by atomic mass is 35.5. The van der Waals surface area contributed by atoms with Gasteiger partial charge in [-0.05, 0) is 49.8 Å². The van der Waals surface area contributed by atoms with Crippen LogP contribution in [0.2, 0.25) is 5.02 Å². The molecule has 4 rings (SSSR count). The van der Waals surface area contributed by atoms with Crippen molar-refractivity contribution < 1.29 is 9.53 Å². The third-order valence-electron chi connectivity index (χ3n) is 6.30. The molecule has 9 heteroatoms. The van der Waals surface area contributed by atoms with Crippen molar-refractivity contribution >= 4 is 45.9 Å². The SMILES string of the molecule is C.COc1cc(N)c(Cl)cc1C(=O)NCC1CCC(Nc2nc(N(C)C)c3ccccc3n2)CC1. The highest BCUT2D eigenvalue weighted by Gasteiger charge is 2.23. The summed E-state index contributed by atoms with van der Waals surface area (Å²) >= 11 is 6.10. The molecule has 35 heavy (non-hydrogen) atoms. The third kappa shape index (κ3) is 6.06. The first-order chi connectivity index (χ1) is 16.4. The summed E-state index contributed by atoms with van der Waals surface area (Å²) in [5, 5.41) is 7.93. The van der Waals surface area contributed by atoms with Gasteiger partial charge >= 0.3 is 0 Å². The Bertz CT molecular complexity index is 1180. The molecule has 0 aliphatic heterocycles. The van der Waals surface area contributed by atoms with Gasteiger partial charge in [0.15, 0.2) is 0 Å². The molecule has 1 heterocycles. The minimum absolute atomic E-state index is 0. The zero-order chi connectivity index (χ0) is 24.2. The lowest BCUT2D eigenvalue weighted by Gasteiger charge is -2.29. The van der Waals surface area contributed by atoms with E-state index < -0.39 is 0 Å². The molecule has 0 unspecified atom stereocenters. The molecular formula is C26H35ClN6O2. The summed E-state index contributed by atoms with van der Waals surface area (Å²) in [6.45, 7) is 0.605. The smallest absolute Gasteiger partial charge is 0.255 e. The van der Waals surface area contributed by atoms with Crippen molar-refractivity contribution in [2.45, 2.75) is 39.2 Å². The van der Waals surface area contributed by atoms with Gasteiger partial charge < -0.3 is 26.0 Å². The van der Waals surface area contributed by atoms with Crippen LogP contribution in [0.25, 0.3) is 10.9 Å². The van der Waals surface area contributed by atoms with Crippen LogP contribution in [0.3, 0.4) is 0 Å². The highest BCUT2D eigenvalue weighted by molar-refractivity contribution is 6.33. The van der Waals surface area contributed by atoms with Crippen LogP contribution in [0.1, 0.15) is 43.5 Å². The van der Waals surface area contributed by atoms with E-state index in [1.165, 1.54) is 7.11 Å². The summed E-state index contributed by atoms with van der Waals surface area (Å²) in [4.78, 5) is 24.2. The fourth-order valence-corrected chi connectivity index (χ4v) is 4.57. The lowest BCUT2D eigenvalue weighted by atomic mass is 9.86. The van der Waals surface area contributed by atoms with Crippen LogP contribution >= 0.6 is 11.6 Å². The van der Waals surface area contributed by atoms with E-state index in [1.807, 2.05) is 43.3 Å². The number of anilines is 3. The van der Waals surface area contributed by atoms with Crippen molar-refractivity contribution in [1.29, 1.82) is 0 Å². The van der Waals surface area contributed by atoms with Gasteiger partial charge in [-0.3, -0.25) is 4.79 Å². The van der Waals surface area contributed by atoms with Crippen LogP contribution in [0.15, 0.2) is 36.4 Å². The van der Waals surface area contributed by atoms with Crippen LogP contribution in [0.5, 0.6) is 5.75 Å². The van der Waals surface area contributed by atoms with Gasteiger partial charge in [0.2, 0.25) is 5.95 Å². The number of nitrogens with one attached hydrogen (secondary N) is 2. The van der Waals surface area contributed by atoms with Gasteiger partial charge in [0.1, 0.15) is 11.6 Å². The molecule has 0 radical (unpaired) electrons. The predicted octanol–water partition coefficient (Wildman–Crippen LogP) is 4.98. The molecule has 0 atom stereocenters. The second-order valence-corrected chi connectivity index (χ2v) is 9.34. The van der Waals surface area contributed by atoms with Crippen molar-refractivity contribution in [2.24, 2.45) is 5.92 Å². The molecule has 1 aliphatic carbocycles. The van der Waals surface area contributed by atoms with Crippen LogP contribution in [0.4, 0.5) is 17.5 Å². The number of carbonyl (C=O) groups excluding carboxylic acids is 1. The van der Waals surface area contributed by atoms with Crippen LogP contribution in [-0.4, -0.2) is 49.7 Å². The van der Waals surface area contributed by atoms with Crippen molar-refractivity contribution in [1.82, 2.24) is 15.3 Å². The fourth-order valence-electron chi connectivity index (χ4n) is 4.41. The molecule has 1 saturated carbocycles. The first kappa shape index (κ1) is 26.3. The zero-order valence-electron chi connectivity index (χ0n) is 19.8. The number of halogens is 1. The highest BCUT2D eigenvalue weighted by Crippen LogP contribution is 2.30. The molecule has 8 nitrogen and oxygen atoms in total. The zero-order valence-corrected chi connectivity index (χ0v) is 20.5. The number of para-hydroxylation sites is 1. The maximum atomic E-state index is 12.7. The molecule has 2 aromatic carbocycles. The summed E-state index contributed by atoms with van der Waals surface area (Å²) in [5.74, 6) is 2.18. The third-order valence-corrected chi connectivity index (χ3v) is 6.63. The summed E-state index contributed by atoms with van der Waals surface area (Å²) in [6.07, 6.45) is 3.99. The van der Waals surface area contributed by atoms with E-state index in [9.17, 15) is 4.79 Å². The number of nitrogens with two attached hydrogens (primary N) is 1. The topological polar surface area (TPSA) is 105 Å². The number of fused-ring (bicyclic) bond motifs is 1. The number of aromatic nitrogens is 2. The second-order valence-electron chi connectivity index (χ2n) is 8.93. The lowest BCUT2D eigenvalue weighted by Crippen LogP contribution is -2.34. The van der Waals surface area contributed by atoms with Crippen LogP contribution in [0, 0.1) is 5.92 Å². The number of carbonyl (C=O) groups is 1. The molecule has 0 bridgehead atoms. The second kappa shape index (κ2) is 11.4. The number of rotatable bonds is 7. The number of nitrogens with zero attached hydrogens (tertiary/aromatic N) is 3. The lowest BCUT2D eigenvalue weighted by molar-refractivity contribution is 0.0940. The van der Waals surface area contributed by atoms with Gasteiger partial charge in [-0.1, -0.05) is 31.2 Å². The molecular weight excluding hydrogens is 464 g/mol. The quantitative estimate of drug-likeness (QED) is 0.394. The van der Waals surface area contributed by atoms with Crippen molar-refractivity contribution in [3.05, 3.63) is 47.0 Å². The number of ether oxygens (including phenoxy) is 1. The average molecular weight is 499 g/mol. The normalized spacial score (nSPS) is 17.4. The number of nitrogen functional groups attached to an aromatic ring is 1. The molecule has 0 saturated heterocycles. The predicted molar refractivity (Wildman–Crippen MR) is 145 cm³/mol. The maximum Gasteiger partial charge on any atom is 0.255 e. The van der Waals surface area contributed by atoms with E-state index in [1.54, 1.807) is 12.1 Å². The van der Waals surface area contributed by atoms with E-state index in [4.69, 9.17) is 32.0 Å². The van der Waals surface area contributed by atoms with Crippen LogP contribution < -0.4 is 26.0 Å². The van der Waals surface area contributed by atoms with Crippen molar-refractivity contribution in [2.75, 3.05) is 43.7 Å². The minimum Gasteiger partial charge on any atom is -0.496 e. The molecule has 1 amide bonds. The van der Waals surface area contributed by atoms with Crippen molar-refractivity contribution in [3.63, 3.8) is 0 Å². The van der Waals surface area contributed by atoms with Gasteiger partial charge in [-0.2, -0.15) is 4.98 Å². The Balaban J connectivity index is 0.00000342. The van der Waals surface area contributed by atoms with Gasteiger partial charge in [-0.15, -0.1) is 0 Å². The van der Waals surface area contributed by atoms with Crippen molar-refractivity contribution in [3.8, 4) is 5.75 Å². The Morgan fingerprint density at radius 1 is 1.17 bits per heavy atom. The van der Waals surface area contributed by atoms with Gasteiger partial charge in [0.25, 0.3) is 5.91 Å². The van der Waals surface area contributed by atoms with Gasteiger partial charge in [0, 0.05) is 38.1 Å². The van der Waals surface area contributed by atoms with E-state index in [2.05, 4.69) is 10.6 Å². The number of benzene rings is 2. The van der Waals surface area contributed by atoms with Gasteiger partial charge in [0.05, 0.1) is 28.9 Å². The molecule has 1 fully saturated rings. The average Bonchev–Trinajstić information content (AvgIpc) is 2.84. The number of amides is 1. The standard InChI is InChI=1S/C25H31ClN6O2.CH4/c1-32(2)23-17-6-4-5-7-21(17)30-25(31-23)29-16-10-8-15(9-11-16)14-28-24(33)18-12-19(26)20(27)13-22(18)34-3;/h4-7,12-13,15-16H,8-11,14,27H2,1-3H3,(H,28,33)(H,29,30,31);1H4. The van der Waals surface area contributed by atoms with E-state index in [0.717, 1.165) is 42.4 Å². The number of hydrogen-bond donors (Lipinski definition) is 3. The monoisotopic (exact) mass is 498 g/mol. The Morgan fingerprint density at radius 2 is 1.89 bits per heavy atom. The summed E-state index contributed by atoms with van der Waals surface area (Å²) in [7, 11) is 5.49.